The van der Waals surface area contributed by atoms with E-state index in [1.54, 1.807) is 18.2 Å². The maximum Gasteiger partial charge on any atom is 0.319 e. The smallest absolute Gasteiger partial charge is 0.319 e. The van der Waals surface area contributed by atoms with Gasteiger partial charge in [0.2, 0.25) is 13.6 Å². The molecule has 2 heterocycles. The topological polar surface area (TPSA) is 78.1 Å². The number of carbonyl (C=O) groups excluding carboxylic acids is 1. The molecule has 0 radical (unpaired) electrons. The van der Waals surface area contributed by atoms with Crippen molar-refractivity contribution in [3.05, 3.63) is 77.9 Å². The minimum Gasteiger partial charge on any atom is -0.454 e. The fourth-order valence-corrected chi connectivity index (χ4v) is 3.75. The first-order valence-corrected chi connectivity index (χ1v) is 10.1. The van der Waals surface area contributed by atoms with Crippen LogP contribution in [-0.4, -0.2) is 25.7 Å². The van der Waals surface area contributed by atoms with Gasteiger partial charge in [-0.2, -0.15) is 0 Å². The first-order valence-electron chi connectivity index (χ1n) is 10.1. The molecular weight excluding hydrogens is 396 g/mol. The van der Waals surface area contributed by atoms with Gasteiger partial charge in [-0.3, -0.25) is 0 Å². The monoisotopic (exact) mass is 418 g/mol. The van der Waals surface area contributed by atoms with Gasteiger partial charge in [0, 0.05) is 17.8 Å². The normalized spacial score (nSPS) is 14.2. The Kier molecular flexibility index (Phi) is 5.22. The molecule has 0 saturated carbocycles. The number of carbonyl (C=O) groups is 1. The molecule has 0 aromatic heterocycles. The molecule has 2 amide bonds. The number of anilines is 1. The fourth-order valence-electron chi connectivity index (χ4n) is 3.75. The van der Waals surface area contributed by atoms with Crippen molar-refractivity contribution in [1.82, 2.24) is 5.32 Å². The predicted molar refractivity (Wildman–Crippen MR) is 115 cm³/mol. The van der Waals surface area contributed by atoms with Gasteiger partial charge in [-0.25, -0.2) is 4.79 Å². The molecule has 0 spiro atoms. The van der Waals surface area contributed by atoms with Gasteiger partial charge in [0.05, 0.1) is 0 Å². The Morgan fingerprint density at radius 1 is 0.742 bits per heavy atom. The van der Waals surface area contributed by atoms with Crippen LogP contribution in [0.4, 0.5) is 10.5 Å². The first-order chi connectivity index (χ1) is 15.2. The summed E-state index contributed by atoms with van der Waals surface area (Å²) in [5.41, 5.74) is 2.86. The third kappa shape index (κ3) is 4.50. The van der Waals surface area contributed by atoms with Crippen molar-refractivity contribution in [2.24, 2.45) is 0 Å². The van der Waals surface area contributed by atoms with Crippen LogP contribution in [0.5, 0.6) is 23.0 Å². The van der Waals surface area contributed by atoms with E-state index in [-0.39, 0.29) is 25.7 Å². The average Bonchev–Trinajstić information content (AvgIpc) is 3.42. The number of urea groups is 1. The molecule has 2 aliphatic heterocycles. The Bertz CT molecular complexity index is 1090. The molecule has 3 aromatic rings. The molecule has 5 rings (SSSR count). The van der Waals surface area contributed by atoms with Crippen LogP contribution in [0.3, 0.4) is 0 Å². The summed E-state index contributed by atoms with van der Waals surface area (Å²) in [6, 6.07) is 20.9. The summed E-state index contributed by atoms with van der Waals surface area (Å²) < 4.78 is 21.6. The molecule has 0 saturated heterocycles. The zero-order chi connectivity index (χ0) is 21.0. The van der Waals surface area contributed by atoms with E-state index in [4.69, 9.17) is 18.9 Å². The molecule has 0 unspecified atom stereocenters. The van der Waals surface area contributed by atoms with Gasteiger partial charge in [-0.05, 0) is 48.2 Å². The predicted octanol–water partition coefficient (Wildman–Crippen LogP) is 4.12. The van der Waals surface area contributed by atoms with Crippen LogP contribution >= 0.6 is 0 Å². The number of fused-ring (bicyclic) bond motifs is 2. The lowest BCUT2D eigenvalue weighted by Gasteiger charge is -2.20. The van der Waals surface area contributed by atoms with E-state index in [0.717, 1.165) is 22.6 Å². The molecule has 0 fully saturated rings. The summed E-state index contributed by atoms with van der Waals surface area (Å²) in [6.07, 6.45) is 1.35. The van der Waals surface area contributed by atoms with E-state index >= 15 is 0 Å². The number of hydrogen-bond donors (Lipinski definition) is 2. The Balaban J connectivity index is 1.29. The van der Waals surface area contributed by atoms with E-state index in [1.165, 1.54) is 0 Å². The third-order valence-corrected chi connectivity index (χ3v) is 5.21. The molecule has 7 nitrogen and oxygen atoms in total. The lowest BCUT2D eigenvalue weighted by Crippen LogP contribution is -2.40. The van der Waals surface area contributed by atoms with Crippen LogP contribution in [0.1, 0.15) is 11.1 Å². The number of benzene rings is 3. The number of ether oxygens (including phenoxy) is 4. The highest BCUT2D eigenvalue weighted by atomic mass is 16.7. The minimum absolute atomic E-state index is 0.114. The Hall–Kier alpha value is -3.87. The highest BCUT2D eigenvalue weighted by Crippen LogP contribution is 2.34. The van der Waals surface area contributed by atoms with Gasteiger partial charge in [0.1, 0.15) is 0 Å². The van der Waals surface area contributed by atoms with Gasteiger partial charge in [-0.15, -0.1) is 0 Å². The second-order valence-corrected chi connectivity index (χ2v) is 7.44. The number of hydrogen-bond acceptors (Lipinski definition) is 5. The highest BCUT2D eigenvalue weighted by Gasteiger charge is 2.19. The SMILES string of the molecule is O=C(Nc1ccc2c(c1)OCO2)N[C@@H](Cc1ccccc1)Cc1ccc2c(c1)OCO2. The van der Waals surface area contributed by atoms with E-state index in [0.29, 0.717) is 30.0 Å². The molecule has 3 aromatic carbocycles. The maximum absolute atomic E-state index is 12.8. The van der Waals surface area contributed by atoms with E-state index < -0.39 is 0 Å². The minimum atomic E-state index is -0.277. The van der Waals surface area contributed by atoms with Crippen LogP contribution in [-0.2, 0) is 12.8 Å². The average molecular weight is 418 g/mol. The quantitative estimate of drug-likeness (QED) is 0.630. The van der Waals surface area contributed by atoms with Gasteiger partial charge >= 0.3 is 6.03 Å². The second kappa shape index (κ2) is 8.47. The number of nitrogens with one attached hydrogen (secondary N) is 2. The van der Waals surface area contributed by atoms with Crippen LogP contribution in [0.15, 0.2) is 66.7 Å². The van der Waals surface area contributed by atoms with Crippen molar-refractivity contribution in [3.8, 4) is 23.0 Å². The van der Waals surface area contributed by atoms with Crippen molar-refractivity contribution < 1.29 is 23.7 Å². The van der Waals surface area contributed by atoms with Crippen molar-refractivity contribution in [2.75, 3.05) is 18.9 Å². The second-order valence-electron chi connectivity index (χ2n) is 7.44. The highest BCUT2D eigenvalue weighted by molar-refractivity contribution is 5.90. The molecule has 31 heavy (non-hydrogen) atoms. The molecule has 7 heteroatoms. The molecule has 2 aliphatic rings. The lowest BCUT2D eigenvalue weighted by atomic mass is 9.98. The van der Waals surface area contributed by atoms with Crippen LogP contribution in [0, 0.1) is 0 Å². The molecule has 0 bridgehead atoms. The Morgan fingerprint density at radius 2 is 1.39 bits per heavy atom. The summed E-state index contributed by atoms with van der Waals surface area (Å²) in [4.78, 5) is 12.8. The van der Waals surface area contributed by atoms with Crippen LogP contribution in [0.2, 0.25) is 0 Å². The van der Waals surface area contributed by atoms with Crippen molar-refractivity contribution in [3.63, 3.8) is 0 Å². The van der Waals surface area contributed by atoms with Gasteiger partial charge in [0.15, 0.2) is 23.0 Å². The first kappa shape index (κ1) is 19.1. The van der Waals surface area contributed by atoms with Crippen molar-refractivity contribution in [2.45, 2.75) is 18.9 Å². The zero-order valence-electron chi connectivity index (χ0n) is 16.8. The van der Waals surface area contributed by atoms with E-state index in [9.17, 15) is 4.79 Å². The molecule has 2 N–H and O–H groups in total. The van der Waals surface area contributed by atoms with Crippen LogP contribution < -0.4 is 29.6 Å². The molecule has 1 atom stereocenters. The summed E-state index contributed by atoms with van der Waals surface area (Å²) in [7, 11) is 0. The summed E-state index contributed by atoms with van der Waals surface area (Å²) in [5.74, 6) is 2.78. The zero-order valence-corrected chi connectivity index (χ0v) is 16.8. The lowest BCUT2D eigenvalue weighted by molar-refractivity contribution is 0.173. The molecule has 0 aliphatic carbocycles. The van der Waals surface area contributed by atoms with E-state index in [2.05, 4.69) is 22.8 Å². The maximum atomic E-state index is 12.8. The molecular formula is C24H22N2O5. The number of amides is 2. The standard InChI is InChI=1S/C24H22N2O5/c27-24(25-18-7-9-21-23(13-18)31-15-29-21)26-19(10-16-4-2-1-3-5-16)11-17-6-8-20-22(12-17)30-14-28-20/h1-9,12-13,19H,10-11,14-15H2,(H2,25,26,27)/t19-/m0/s1. The Labute approximate surface area is 179 Å². The van der Waals surface area contributed by atoms with Crippen molar-refractivity contribution in [1.29, 1.82) is 0 Å². The third-order valence-electron chi connectivity index (χ3n) is 5.21. The summed E-state index contributed by atoms with van der Waals surface area (Å²) >= 11 is 0. The van der Waals surface area contributed by atoms with Gasteiger partial charge in [0.25, 0.3) is 0 Å². The van der Waals surface area contributed by atoms with Gasteiger partial charge in [-0.1, -0.05) is 36.4 Å². The van der Waals surface area contributed by atoms with Crippen molar-refractivity contribution >= 4 is 11.7 Å². The van der Waals surface area contributed by atoms with Gasteiger partial charge < -0.3 is 29.6 Å². The Morgan fingerprint density at radius 3 is 2.16 bits per heavy atom. The summed E-state index contributed by atoms with van der Waals surface area (Å²) in [6.45, 7) is 0.433. The number of rotatable bonds is 6. The largest absolute Gasteiger partial charge is 0.454 e. The summed E-state index contributed by atoms with van der Waals surface area (Å²) in [5, 5.41) is 5.99. The van der Waals surface area contributed by atoms with Crippen LogP contribution in [0.25, 0.3) is 0 Å². The van der Waals surface area contributed by atoms with E-state index in [1.807, 2.05) is 36.4 Å². The fraction of sp³-hybridized carbons (Fsp3) is 0.208. The molecule has 158 valence electrons.